The largest absolute Gasteiger partial charge is 0.487 e. The molecule has 1 N–H and O–H groups in total. The summed E-state index contributed by atoms with van der Waals surface area (Å²) < 4.78 is 10.1. The summed E-state index contributed by atoms with van der Waals surface area (Å²) in [5, 5.41) is 13.7. The van der Waals surface area contributed by atoms with Gasteiger partial charge in [-0.1, -0.05) is 6.07 Å². The molecular formula is C19H20N2O6. The van der Waals surface area contributed by atoms with Crippen LogP contribution in [0.4, 0.5) is 11.4 Å². The summed E-state index contributed by atoms with van der Waals surface area (Å²) in [6.07, 6.45) is 0. The van der Waals surface area contributed by atoms with E-state index in [0.29, 0.717) is 5.69 Å². The van der Waals surface area contributed by atoms with Gasteiger partial charge in [0, 0.05) is 11.8 Å². The standard InChI is InChI=1S/C19H20N2O6/c1-4-26-17-8-6-14(10-16(17)21(24)25)19(23)27-11-18(22)20-15-7-5-12(2)13(3)9-15/h5-10H,4,11H2,1-3H3,(H,20,22). The van der Waals surface area contributed by atoms with Crippen molar-refractivity contribution in [3.63, 3.8) is 0 Å². The zero-order valence-electron chi connectivity index (χ0n) is 15.3. The molecule has 2 aromatic carbocycles. The van der Waals surface area contributed by atoms with E-state index in [1.807, 2.05) is 26.0 Å². The normalized spacial score (nSPS) is 10.2. The van der Waals surface area contributed by atoms with E-state index in [9.17, 15) is 19.7 Å². The quantitative estimate of drug-likeness (QED) is 0.453. The molecule has 0 saturated heterocycles. The average Bonchev–Trinajstić information content (AvgIpc) is 2.63. The fourth-order valence-corrected chi connectivity index (χ4v) is 2.30. The Bertz CT molecular complexity index is 878. The number of esters is 1. The first-order chi connectivity index (χ1) is 12.8. The number of carbonyl (C=O) groups excluding carboxylic acids is 2. The molecule has 8 nitrogen and oxygen atoms in total. The molecule has 1 amide bonds. The molecule has 27 heavy (non-hydrogen) atoms. The first kappa shape index (κ1) is 19.9. The molecule has 2 aromatic rings. The van der Waals surface area contributed by atoms with Crippen molar-refractivity contribution in [2.45, 2.75) is 20.8 Å². The molecule has 0 aliphatic carbocycles. The van der Waals surface area contributed by atoms with Gasteiger partial charge in [-0.05, 0) is 56.2 Å². The van der Waals surface area contributed by atoms with Crippen molar-refractivity contribution in [1.29, 1.82) is 0 Å². The van der Waals surface area contributed by atoms with E-state index >= 15 is 0 Å². The van der Waals surface area contributed by atoms with E-state index in [1.54, 1.807) is 13.0 Å². The van der Waals surface area contributed by atoms with Gasteiger partial charge in [0.05, 0.1) is 17.1 Å². The van der Waals surface area contributed by atoms with Crippen molar-refractivity contribution in [3.8, 4) is 5.75 Å². The molecule has 0 atom stereocenters. The van der Waals surface area contributed by atoms with E-state index in [2.05, 4.69) is 5.32 Å². The molecule has 0 spiro atoms. The second-order valence-corrected chi connectivity index (χ2v) is 5.80. The number of ether oxygens (including phenoxy) is 2. The fourth-order valence-electron chi connectivity index (χ4n) is 2.30. The summed E-state index contributed by atoms with van der Waals surface area (Å²) in [5.41, 5.74) is 2.33. The maximum absolute atomic E-state index is 12.1. The zero-order chi connectivity index (χ0) is 20.0. The van der Waals surface area contributed by atoms with E-state index < -0.39 is 23.4 Å². The molecular weight excluding hydrogens is 352 g/mol. The third-order valence-corrected chi connectivity index (χ3v) is 3.82. The van der Waals surface area contributed by atoms with Crippen LogP contribution in [-0.4, -0.2) is 30.0 Å². The third kappa shape index (κ3) is 5.27. The van der Waals surface area contributed by atoms with Gasteiger partial charge in [-0.3, -0.25) is 14.9 Å². The van der Waals surface area contributed by atoms with Crippen molar-refractivity contribution < 1.29 is 24.0 Å². The molecule has 0 aromatic heterocycles. The summed E-state index contributed by atoms with van der Waals surface area (Å²) >= 11 is 0. The van der Waals surface area contributed by atoms with Gasteiger partial charge in [-0.15, -0.1) is 0 Å². The molecule has 0 aliphatic heterocycles. The number of aryl methyl sites for hydroxylation is 2. The predicted molar refractivity (Wildman–Crippen MR) is 99.1 cm³/mol. The highest BCUT2D eigenvalue weighted by molar-refractivity contribution is 5.96. The van der Waals surface area contributed by atoms with Crippen LogP contribution in [0.2, 0.25) is 0 Å². The Morgan fingerprint density at radius 1 is 1.11 bits per heavy atom. The van der Waals surface area contributed by atoms with Crippen LogP contribution in [0.5, 0.6) is 5.75 Å². The van der Waals surface area contributed by atoms with Crippen molar-refractivity contribution in [1.82, 2.24) is 0 Å². The SMILES string of the molecule is CCOc1ccc(C(=O)OCC(=O)Nc2ccc(C)c(C)c2)cc1[N+](=O)[O-]. The lowest BCUT2D eigenvalue weighted by molar-refractivity contribution is -0.385. The molecule has 8 heteroatoms. The van der Waals surface area contributed by atoms with Crippen molar-refractivity contribution in [2.75, 3.05) is 18.5 Å². The van der Waals surface area contributed by atoms with Gasteiger partial charge < -0.3 is 14.8 Å². The van der Waals surface area contributed by atoms with Gasteiger partial charge in [-0.2, -0.15) is 0 Å². The summed E-state index contributed by atoms with van der Waals surface area (Å²) in [7, 11) is 0. The van der Waals surface area contributed by atoms with Gasteiger partial charge in [0.2, 0.25) is 0 Å². The van der Waals surface area contributed by atoms with Gasteiger partial charge in [-0.25, -0.2) is 4.79 Å². The zero-order valence-corrected chi connectivity index (χ0v) is 15.3. The number of benzene rings is 2. The maximum Gasteiger partial charge on any atom is 0.338 e. The van der Waals surface area contributed by atoms with Gasteiger partial charge in [0.25, 0.3) is 5.91 Å². The highest BCUT2D eigenvalue weighted by Gasteiger charge is 2.20. The monoisotopic (exact) mass is 372 g/mol. The number of carbonyl (C=O) groups is 2. The number of anilines is 1. The van der Waals surface area contributed by atoms with Crippen molar-refractivity contribution in [3.05, 3.63) is 63.2 Å². The lowest BCUT2D eigenvalue weighted by Gasteiger charge is -2.09. The van der Waals surface area contributed by atoms with Crippen LogP contribution in [0.3, 0.4) is 0 Å². The molecule has 0 unspecified atom stereocenters. The maximum atomic E-state index is 12.1. The molecule has 0 heterocycles. The van der Waals surface area contributed by atoms with Crippen LogP contribution < -0.4 is 10.1 Å². The number of amides is 1. The van der Waals surface area contributed by atoms with Crippen molar-refractivity contribution >= 4 is 23.3 Å². The van der Waals surface area contributed by atoms with Crippen LogP contribution in [0.15, 0.2) is 36.4 Å². The Kier molecular flexibility index (Phi) is 6.48. The minimum atomic E-state index is -0.837. The number of hydrogen-bond donors (Lipinski definition) is 1. The van der Waals surface area contributed by atoms with E-state index in [-0.39, 0.29) is 23.6 Å². The smallest absolute Gasteiger partial charge is 0.338 e. The molecule has 0 fully saturated rings. The second kappa shape index (κ2) is 8.79. The number of nitro benzene ring substituents is 1. The van der Waals surface area contributed by atoms with Gasteiger partial charge in [0.1, 0.15) is 0 Å². The Hall–Kier alpha value is -3.42. The number of nitrogens with zero attached hydrogens (tertiary/aromatic N) is 1. The topological polar surface area (TPSA) is 108 Å². The minimum Gasteiger partial charge on any atom is -0.487 e. The predicted octanol–water partition coefficient (Wildman–Crippen LogP) is 3.41. The van der Waals surface area contributed by atoms with Crippen LogP contribution >= 0.6 is 0 Å². The highest BCUT2D eigenvalue weighted by atomic mass is 16.6. The lowest BCUT2D eigenvalue weighted by atomic mass is 10.1. The highest BCUT2D eigenvalue weighted by Crippen LogP contribution is 2.28. The number of rotatable bonds is 7. The Balaban J connectivity index is 2.00. The van der Waals surface area contributed by atoms with E-state index in [0.717, 1.165) is 17.2 Å². The van der Waals surface area contributed by atoms with Gasteiger partial charge in [0.15, 0.2) is 12.4 Å². The van der Waals surface area contributed by atoms with Crippen molar-refractivity contribution in [2.24, 2.45) is 0 Å². The Labute approximate surface area is 156 Å². The molecule has 2 rings (SSSR count). The second-order valence-electron chi connectivity index (χ2n) is 5.80. The third-order valence-electron chi connectivity index (χ3n) is 3.82. The summed E-state index contributed by atoms with van der Waals surface area (Å²) in [6.45, 7) is 5.32. The van der Waals surface area contributed by atoms with Gasteiger partial charge >= 0.3 is 11.7 Å². The number of hydrogen-bond acceptors (Lipinski definition) is 6. The van der Waals surface area contributed by atoms with Crippen LogP contribution in [-0.2, 0) is 9.53 Å². The Morgan fingerprint density at radius 3 is 2.48 bits per heavy atom. The fraction of sp³-hybridized carbons (Fsp3) is 0.263. The Morgan fingerprint density at radius 2 is 1.85 bits per heavy atom. The molecule has 0 aliphatic rings. The first-order valence-electron chi connectivity index (χ1n) is 8.27. The minimum absolute atomic E-state index is 0.0378. The number of nitro groups is 1. The van der Waals surface area contributed by atoms with Crippen LogP contribution in [0.1, 0.15) is 28.4 Å². The molecule has 0 bridgehead atoms. The molecule has 0 radical (unpaired) electrons. The molecule has 0 saturated carbocycles. The lowest BCUT2D eigenvalue weighted by Crippen LogP contribution is -2.21. The van der Waals surface area contributed by atoms with E-state index in [1.165, 1.54) is 12.1 Å². The summed E-state index contributed by atoms with van der Waals surface area (Å²) in [4.78, 5) is 34.5. The first-order valence-corrected chi connectivity index (χ1v) is 8.27. The summed E-state index contributed by atoms with van der Waals surface area (Å²) in [6, 6.07) is 9.17. The molecule has 142 valence electrons. The van der Waals surface area contributed by atoms with E-state index in [4.69, 9.17) is 9.47 Å². The van der Waals surface area contributed by atoms with Crippen LogP contribution in [0.25, 0.3) is 0 Å². The summed E-state index contributed by atoms with van der Waals surface area (Å²) in [5.74, 6) is -1.28. The number of nitrogens with one attached hydrogen (secondary N) is 1. The van der Waals surface area contributed by atoms with Crippen LogP contribution in [0, 0.1) is 24.0 Å². The average molecular weight is 372 g/mol.